The zero-order valence-electron chi connectivity index (χ0n) is 14.6. The number of ether oxygens (including phenoxy) is 1. The van der Waals surface area contributed by atoms with Crippen molar-refractivity contribution in [1.82, 2.24) is 8.87 Å². The molecule has 0 N–H and O–H groups in total. The summed E-state index contributed by atoms with van der Waals surface area (Å²) in [5.41, 5.74) is 1.04. The Morgan fingerprint density at radius 2 is 1.88 bits per heavy atom. The van der Waals surface area contributed by atoms with E-state index in [2.05, 4.69) is 4.99 Å². The monoisotopic (exact) mass is 363 g/mol. The summed E-state index contributed by atoms with van der Waals surface area (Å²) in [5.74, 6) is -0.612. The van der Waals surface area contributed by atoms with Gasteiger partial charge in [0.05, 0.1) is 17.8 Å². The van der Waals surface area contributed by atoms with Crippen molar-refractivity contribution in [1.29, 1.82) is 0 Å². The van der Waals surface area contributed by atoms with Gasteiger partial charge in [-0.3, -0.25) is 0 Å². The van der Waals surface area contributed by atoms with Crippen LogP contribution in [0.25, 0.3) is 0 Å². The molecule has 2 aromatic rings. The van der Waals surface area contributed by atoms with Crippen LogP contribution in [-0.4, -0.2) is 50.3 Å². The van der Waals surface area contributed by atoms with Gasteiger partial charge in [-0.05, 0) is 32.0 Å². The van der Waals surface area contributed by atoms with Crippen molar-refractivity contribution < 1.29 is 17.9 Å². The maximum absolute atomic E-state index is 12.9. The second-order valence-corrected chi connectivity index (χ2v) is 7.41. The molecule has 0 unspecified atom stereocenters. The third-order valence-electron chi connectivity index (χ3n) is 3.31. The molecule has 25 heavy (non-hydrogen) atoms. The van der Waals surface area contributed by atoms with Gasteiger partial charge in [0.15, 0.2) is 5.82 Å². The van der Waals surface area contributed by atoms with Crippen molar-refractivity contribution in [2.45, 2.75) is 18.7 Å². The Hall–Kier alpha value is -2.61. The molecular formula is C17H21N3O4S. The average molecular weight is 363 g/mol. The van der Waals surface area contributed by atoms with E-state index in [1.807, 2.05) is 6.92 Å². The highest BCUT2D eigenvalue weighted by Gasteiger charge is 2.25. The Morgan fingerprint density at radius 3 is 2.44 bits per heavy atom. The molecule has 1 heterocycles. The topological polar surface area (TPSA) is 81.0 Å². The summed E-state index contributed by atoms with van der Waals surface area (Å²) in [6.45, 7) is 3.74. The van der Waals surface area contributed by atoms with Crippen LogP contribution in [0.5, 0.6) is 0 Å². The molecule has 0 amide bonds. The molecular weight excluding hydrogens is 342 g/mol. The largest absolute Gasteiger partial charge is 0.462 e. The van der Waals surface area contributed by atoms with Crippen LogP contribution in [-0.2, 0) is 14.8 Å². The summed E-state index contributed by atoms with van der Waals surface area (Å²) in [7, 11) is -0.395. The van der Waals surface area contributed by atoms with E-state index < -0.39 is 16.0 Å². The predicted octanol–water partition coefficient (Wildman–Crippen LogP) is 2.43. The lowest BCUT2D eigenvalue weighted by Crippen LogP contribution is -2.14. The molecule has 0 atom stereocenters. The summed E-state index contributed by atoms with van der Waals surface area (Å²) in [5, 5.41) is 0. The molecule has 0 aliphatic carbocycles. The number of nitrogens with zero attached hydrogens (tertiary/aromatic N) is 3. The van der Waals surface area contributed by atoms with E-state index in [-0.39, 0.29) is 22.9 Å². The third-order valence-corrected chi connectivity index (χ3v) is 4.99. The van der Waals surface area contributed by atoms with E-state index >= 15 is 0 Å². The zero-order chi connectivity index (χ0) is 18.6. The number of carbonyl (C=O) groups excluding carboxylic acids is 1. The Labute approximate surface area is 147 Å². The maximum atomic E-state index is 12.9. The fourth-order valence-electron chi connectivity index (χ4n) is 2.09. The lowest BCUT2D eigenvalue weighted by atomic mass is 10.2. The molecule has 0 saturated carbocycles. The highest BCUT2D eigenvalue weighted by atomic mass is 32.2. The average Bonchev–Trinajstić information content (AvgIpc) is 2.98. The summed E-state index contributed by atoms with van der Waals surface area (Å²) >= 11 is 0. The molecule has 0 fully saturated rings. The second kappa shape index (κ2) is 7.52. The Morgan fingerprint density at radius 1 is 1.24 bits per heavy atom. The van der Waals surface area contributed by atoms with Gasteiger partial charge in [-0.15, -0.1) is 0 Å². The van der Waals surface area contributed by atoms with E-state index in [0.717, 1.165) is 9.54 Å². The lowest BCUT2D eigenvalue weighted by Gasteiger charge is -2.10. The fourth-order valence-corrected chi connectivity index (χ4v) is 3.39. The van der Waals surface area contributed by atoms with Crippen LogP contribution in [0.2, 0.25) is 0 Å². The van der Waals surface area contributed by atoms with Crippen LogP contribution < -0.4 is 0 Å². The molecule has 8 heteroatoms. The molecule has 0 spiro atoms. The van der Waals surface area contributed by atoms with Gasteiger partial charge in [0.1, 0.15) is 5.56 Å². The summed E-state index contributed by atoms with van der Waals surface area (Å²) in [6.07, 6.45) is 2.74. The van der Waals surface area contributed by atoms with Gasteiger partial charge in [0.25, 0.3) is 10.0 Å². The number of rotatable bonds is 6. The van der Waals surface area contributed by atoms with Crippen molar-refractivity contribution in [3.63, 3.8) is 0 Å². The Balaban J connectivity index is 2.60. The molecule has 0 aliphatic heterocycles. The second-order valence-electron chi connectivity index (χ2n) is 5.60. The van der Waals surface area contributed by atoms with E-state index in [1.54, 1.807) is 38.1 Å². The molecule has 1 aromatic heterocycles. The summed E-state index contributed by atoms with van der Waals surface area (Å²) < 4.78 is 31.8. The third kappa shape index (κ3) is 4.08. The lowest BCUT2D eigenvalue weighted by molar-refractivity contribution is 0.0527. The standard InChI is InChI=1S/C17H21N3O4S/c1-5-24-17(21)15-10-11-20(16(15)18-12-19(3)4)25(22,23)14-8-6-13(2)7-9-14/h6-12H,5H2,1-4H3. The van der Waals surface area contributed by atoms with Gasteiger partial charge in [-0.2, -0.15) is 0 Å². The van der Waals surface area contributed by atoms with Gasteiger partial charge in [0.2, 0.25) is 0 Å². The van der Waals surface area contributed by atoms with Gasteiger partial charge < -0.3 is 9.64 Å². The maximum Gasteiger partial charge on any atom is 0.342 e. The fraction of sp³-hybridized carbons (Fsp3) is 0.294. The first-order valence-electron chi connectivity index (χ1n) is 7.68. The van der Waals surface area contributed by atoms with Crippen LogP contribution >= 0.6 is 0 Å². The van der Waals surface area contributed by atoms with Crippen molar-refractivity contribution >= 4 is 28.1 Å². The number of carbonyl (C=O) groups is 1. The SMILES string of the molecule is CCOC(=O)c1ccn(S(=O)(=O)c2ccc(C)cc2)c1N=CN(C)C. The van der Waals surface area contributed by atoms with E-state index in [4.69, 9.17) is 4.74 Å². The smallest absolute Gasteiger partial charge is 0.342 e. The van der Waals surface area contributed by atoms with Gasteiger partial charge in [-0.1, -0.05) is 17.7 Å². The molecule has 0 bridgehead atoms. The highest BCUT2D eigenvalue weighted by molar-refractivity contribution is 7.90. The van der Waals surface area contributed by atoms with E-state index in [9.17, 15) is 13.2 Å². The minimum atomic E-state index is -3.89. The van der Waals surface area contributed by atoms with Crippen LogP contribution in [0.1, 0.15) is 22.8 Å². The molecule has 134 valence electrons. The molecule has 0 aliphatic rings. The predicted molar refractivity (Wildman–Crippen MR) is 96.0 cm³/mol. The van der Waals surface area contributed by atoms with Crippen molar-refractivity contribution in [3.8, 4) is 0 Å². The van der Waals surface area contributed by atoms with Crippen LogP contribution in [0.3, 0.4) is 0 Å². The van der Waals surface area contributed by atoms with Crippen molar-refractivity contribution in [3.05, 3.63) is 47.7 Å². The van der Waals surface area contributed by atoms with Crippen molar-refractivity contribution in [2.24, 2.45) is 4.99 Å². The van der Waals surface area contributed by atoms with Gasteiger partial charge in [0, 0.05) is 20.3 Å². The van der Waals surface area contributed by atoms with Crippen molar-refractivity contribution in [2.75, 3.05) is 20.7 Å². The number of benzene rings is 1. The van der Waals surface area contributed by atoms with E-state index in [1.165, 1.54) is 30.7 Å². The van der Waals surface area contributed by atoms with Gasteiger partial charge in [-0.25, -0.2) is 22.2 Å². The molecule has 0 radical (unpaired) electrons. The summed E-state index contributed by atoms with van der Waals surface area (Å²) in [4.78, 5) is 18.0. The minimum absolute atomic E-state index is 0.00715. The first kappa shape index (κ1) is 18.7. The number of hydrogen-bond acceptors (Lipinski definition) is 5. The number of aliphatic imine (C=N–C) groups is 1. The number of aryl methyl sites for hydroxylation is 1. The molecule has 2 rings (SSSR count). The summed E-state index contributed by atoms with van der Waals surface area (Å²) in [6, 6.07) is 7.87. The molecule has 7 nitrogen and oxygen atoms in total. The molecule has 1 aromatic carbocycles. The number of esters is 1. The zero-order valence-corrected chi connectivity index (χ0v) is 15.4. The molecule has 0 saturated heterocycles. The van der Waals surface area contributed by atoms with E-state index in [0.29, 0.717) is 0 Å². The number of hydrogen-bond donors (Lipinski definition) is 0. The Kier molecular flexibility index (Phi) is 5.63. The highest BCUT2D eigenvalue weighted by Crippen LogP contribution is 2.27. The normalized spacial score (nSPS) is 11.7. The van der Waals surface area contributed by atoms with Crippen LogP contribution in [0.4, 0.5) is 5.82 Å². The quantitative estimate of drug-likeness (QED) is 0.447. The first-order valence-corrected chi connectivity index (χ1v) is 9.12. The number of aromatic nitrogens is 1. The Bertz CT molecular complexity index is 881. The van der Waals surface area contributed by atoms with Gasteiger partial charge >= 0.3 is 5.97 Å². The van der Waals surface area contributed by atoms with Crippen LogP contribution in [0, 0.1) is 6.92 Å². The minimum Gasteiger partial charge on any atom is -0.462 e. The first-order chi connectivity index (χ1) is 11.8. The van der Waals surface area contributed by atoms with Crippen LogP contribution in [0.15, 0.2) is 46.4 Å².